The molecule has 4 aromatic carbocycles. The molecule has 2 N–H and O–H groups in total. The number of unbranched alkanes of at least 4 members (excludes halogenated alkanes) is 4. The van der Waals surface area contributed by atoms with E-state index in [4.69, 9.17) is 42.4 Å². The van der Waals surface area contributed by atoms with Gasteiger partial charge >= 0.3 is 0 Å². The molecule has 0 fully saturated rings. The highest BCUT2D eigenvalue weighted by Crippen LogP contribution is 2.42. The lowest BCUT2D eigenvalue weighted by molar-refractivity contribution is 0.0935. The predicted molar refractivity (Wildman–Crippen MR) is 207 cm³/mol. The molecule has 6 rings (SSSR count). The van der Waals surface area contributed by atoms with E-state index in [9.17, 15) is 4.79 Å². The second-order valence-electron chi connectivity index (χ2n) is 12.7. The van der Waals surface area contributed by atoms with E-state index >= 15 is 0 Å². The summed E-state index contributed by atoms with van der Waals surface area (Å²) in [4.78, 5) is 12.8. The number of carbonyl (C=O) groups excluding carboxylic acids is 1. The van der Waals surface area contributed by atoms with Crippen LogP contribution < -0.4 is 48.5 Å². The molecule has 2 heterocycles. The largest absolute Gasteiger partial charge is 0.497 e. The number of hydrogen-bond acceptors (Lipinski definition) is 12. The molecule has 0 aliphatic carbocycles. The number of benzene rings is 4. The van der Waals surface area contributed by atoms with Gasteiger partial charge in [0.1, 0.15) is 17.6 Å². The Labute approximate surface area is 320 Å². The predicted octanol–water partition coefficient (Wildman–Crippen LogP) is 8.32. The van der Waals surface area contributed by atoms with Crippen molar-refractivity contribution in [2.45, 2.75) is 38.3 Å². The zero-order chi connectivity index (χ0) is 38.7. The van der Waals surface area contributed by atoms with E-state index in [1.165, 1.54) is 0 Å². The molecular weight excluding hydrogens is 706 g/mol. The van der Waals surface area contributed by atoms with Crippen LogP contribution in [0.15, 0.2) is 77.3 Å². The maximum Gasteiger partial charge on any atom is 0.255 e. The van der Waals surface area contributed by atoms with E-state index in [0.29, 0.717) is 76.2 Å². The van der Waals surface area contributed by atoms with Crippen LogP contribution in [0.2, 0.25) is 0 Å². The third kappa shape index (κ3) is 8.94. The third-order valence-corrected chi connectivity index (χ3v) is 9.29. The molecule has 1 amide bonds. The maximum atomic E-state index is 12.8. The molecule has 0 saturated heterocycles. The molecule has 1 unspecified atom stereocenters. The van der Waals surface area contributed by atoms with Gasteiger partial charge in [0, 0.05) is 22.9 Å². The lowest BCUT2D eigenvalue weighted by atomic mass is 10.0. The first-order valence-corrected chi connectivity index (χ1v) is 18.0. The maximum absolute atomic E-state index is 12.8. The highest BCUT2D eigenvalue weighted by atomic mass is 16.5. The average molecular weight is 754 g/mol. The fourth-order valence-corrected chi connectivity index (χ4v) is 6.33. The second kappa shape index (κ2) is 18.2. The van der Waals surface area contributed by atoms with E-state index in [-0.39, 0.29) is 5.91 Å². The number of aromatic nitrogens is 1. The van der Waals surface area contributed by atoms with E-state index in [2.05, 4.69) is 15.8 Å². The minimum absolute atomic E-state index is 0.176. The molecular formula is C42H47N3O10. The molecule has 1 atom stereocenters. The number of nitrogens with zero attached hydrogens (tertiary/aromatic N) is 1. The van der Waals surface area contributed by atoms with E-state index in [1.54, 1.807) is 48.7 Å². The van der Waals surface area contributed by atoms with Gasteiger partial charge in [-0.25, -0.2) is 0 Å². The van der Waals surface area contributed by atoms with Crippen molar-refractivity contribution in [3.63, 3.8) is 0 Å². The van der Waals surface area contributed by atoms with Crippen LogP contribution in [-0.4, -0.2) is 66.9 Å². The van der Waals surface area contributed by atoms with Crippen LogP contribution in [0, 0.1) is 0 Å². The highest BCUT2D eigenvalue weighted by Gasteiger charge is 2.26. The van der Waals surface area contributed by atoms with E-state index in [0.717, 1.165) is 54.5 Å². The van der Waals surface area contributed by atoms with Crippen molar-refractivity contribution < 1.29 is 47.2 Å². The van der Waals surface area contributed by atoms with Crippen molar-refractivity contribution in [1.82, 2.24) is 10.5 Å². The molecule has 13 heteroatoms. The smallest absolute Gasteiger partial charge is 0.255 e. The second-order valence-corrected chi connectivity index (χ2v) is 12.7. The number of carbonyl (C=O) groups is 1. The van der Waals surface area contributed by atoms with Crippen LogP contribution in [0.4, 0.5) is 5.69 Å². The Balaban J connectivity index is 0.946. The summed E-state index contributed by atoms with van der Waals surface area (Å²) >= 11 is 0. The Kier molecular flexibility index (Phi) is 12.7. The summed E-state index contributed by atoms with van der Waals surface area (Å²) in [5.41, 5.74) is 4.31. The summed E-state index contributed by atoms with van der Waals surface area (Å²) in [5.74, 6) is 5.12. The number of anilines is 1. The number of methoxy groups -OCH3 is 6. The molecule has 1 aliphatic heterocycles. The van der Waals surface area contributed by atoms with Crippen molar-refractivity contribution in [2.75, 3.05) is 61.2 Å². The lowest BCUT2D eigenvalue weighted by Gasteiger charge is -2.28. The van der Waals surface area contributed by atoms with Crippen LogP contribution in [-0.2, 0) is 0 Å². The number of fused-ring (bicyclic) bond motifs is 1. The van der Waals surface area contributed by atoms with Gasteiger partial charge in [0.15, 0.2) is 40.3 Å². The number of rotatable bonds is 19. The quantitative estimate of drug-likeness (QED) is 0.0784. The van der Waals surface area contributed by atoms with Gasteiger partial charge in [0.25, 0.3) is 5.91 Å². The third-order valence-electron chi connectivity index (χ3n) is 9.29. The fraction of sp³-hybridized carbons (Fsp3) is 0.333. The SMILES string of the molecule is COc1ccc2c(c1)C(=O)NC(c1ccc(OCCCCCCCOc3cc(-c4cc(-c5cc(OC)c(OC)c(OC)c5)no4)ccc3OC)c(OC)c1)N2. The molecule has 1 aliphatic rings. The first kappa shape index (κ1) is 38.5. The van der Waals surface area contributed by atoms with Crippen LogP contribution in [0.5, 0.6) is 46.0 Å². The molecule has 5 aromatic rings. The summed E-state index contributed by atoms with van der Waals surface area (Å²) in [7, 11) is 9.51. The number of amides is 1. The van der Waals surface area contributed by atoms with Gasteiger partial charge in [-0.05, 0) is 79.1 Å². The van der Waals surface area contributed by atoms with E-state index in [1.807, 2.05) is 66.7 Å². The summed E-state index contributed by atoms with van der Waals surface area (Å²) < 4.78 is 50.8. The molecule has 0 saturated carbocycles. The molecule has 1 aromatic heterocycles. The highest BCUT2D eigenvalue weighted by molar-refractivity contribution is 6.02. The van der Waals surface area contributed by atoms with Gasteiger partial charge in [0.05, 0.1) is 61.4 Å². The summed E-state index contributed by atoms with van der Waals surface area (Å²) in [6.45, 7) is 1.11. The normalized spacial score (nSPS) is 13.2. The lowest BCUT2D eigenvalue weighted by Crippen LogP contribution is -2.38. The first-order valence-electron chi connectivity index (χ1n) is 18.0. The summed E-state index contributed by atoms with van der Waals surface area (Å²) in [5, 5.41) is 10.7. The van der Waals surface area contributed by atoms with Crippen molar-refractivity contribution in [2.24, 2.45) is 0 Å². The molecule has 0 bridgehead atoms. The molecule has 290 valence electrons. The van der Waals surface area contributed by atoms with Crippen LogP contribution >= 0.6 is 0 Å². The molecule has 0 spiro atoms. The van der Waals surface area contributed by atoms with Gasteiger partial charge in [-0.3, -0.25) is 4.79 Å². The Morgan fingerprint density at radius 2 is 1.24 bits per heavy atom. The average Bonchev–Trinajstić information content (AvgIpc) is 3.73. The molecule has 13 nitrogen and oxygen atoms in total. The van der Waals surface area contributed by atoms with Gasteiger partial charge in [-0.1, -0.05) is 30.5 Å². The number of nitrogens with one attached hydrogen (secondary N) is 2. The minimum atomic E-state index is -0.409. The van der Waals surface area contributed by atoms with Crippen LogP contribution in [0.25, 0.3) is 22.6 Å². The Bertz CT molecular complexity index is 2060. The standard InChI is InChI=1S/C42H47N3O10/c1-47-29-14-15-31-30(24-29)42(46)44-41(43-31)27-13-17-34(36(21-27)49-3)53-18-10-8-7-9-11-19-54-37-20-26(12-16-33(37)48-2)35-25-32(45-55-35)28-22-38(50-4)40(52-6)39(23-28)51-5/h12-17,20-25,41,43H,7-11,18-19H2,1-6H3,(H,44,46). The van der Waals surface area contributed by atoms with Crippen LogP contribution in [0.1, 0.15) is 54.2 Å². The number of ether oxygens (including phenoxy) is 8. The van der Waals surface area contributed by atoms with E-state index < -0.39 is 6.17 Å². The van der Waals surface area contributed by atoms with Crippen molar-refractivity contribution in [3.05, 3.63) is 83.9 Å². The zero-order valence-corrected chi connectivity index (χ0v) is 32.0. The molecule has 0 radical (unpaired) electrons. The Morgan fingerprint density at radius 3 is 1.91 bits per heavy atom. The monoisotopic (exact) mass is 753 g/mol. The Hall–Kier alpha value is -6.24. The van der Waals surface area contributed by atoms with Gasteiger partial charge < -0.3 is 53.1 Å². The van der Waals surface area contributed by atoms with Gasteiger partial charge in [-0.15, -0.1) is 0 Å². The number of hydrogen-bond donors (Lipinski definition) is 2. The summed E-state index contributed by atoms with van der Waals surface area (Å²) in [6, 6.07) is 22.2. The fourth-order valence-electron chi connectivity index (χ4n) is 6.33. The topological polar surface area (TPSA) is 141 Å². The van der Waals surface area contributed by atoms with Gasteiger partial charge in [-0.2, -0.15) is 0 Å². The van der Waals surface area contributed by atoms with Crippen molar-refractivity contribution in [1.29, 1.82) is 0 Å². The summed E-state index contributed by atoms with van der Waals surface area (Å²) in [6.07, 6.45) is 4.45. The minimum Gasteiger partial charge on any atom is -0.497 e. The van der Waals surface area contributed by atoms with Gasteiger partial charge in [0.2, 0.25) is 5.75 Å². The van der Waals surface area contributed by atoms with Crippen molar-refractivity contribution in [3.8, 4) is 68.6 Å². The van der Waals surface area contributed by atoms with Crippen LogP contribution in [0.3, 0.4) is 0 Å². The Morgan fingerprint density at radius 1 is 0.582 bits per heavy atom. The zero-order valence-electron chi connectivity index (χ0n) is 32.0. The first-order chi connectivity index (χ1) is 26.9. The van der Waals surface area contributed by atoms with Crippen molar-refractivity contribution >= 4 is 11.6 Å². The molecule has 55 heavy (non-hydrogen) atoms.